The zero-order valence-corrected chi connectivity index (χ0v) is 14.6. The van der Waals surface area contributed by atoms with E-state index < -0.39 is 5.91 Å². The SMILES string of the molecule is Nc1ncc2nc1C(=O)Nc1ccccc1NCCCOc1cccc-2c1. The van der Waals surface area contributed by atoms with E-state index in [9.17, 15) is 4.79 Å². The molecule has 4 N–H and O–H groups in total. The third kappa shape index (κ3) is 3.67. The molecular weight excluding hydrogens is 342 g/mol. The van der Waals surface area contributed by atoms with E-state index in [1.165, 1.54) is 0 Å². The van der Waals surface area contributed by atoms with Crippen LogP contribution in [0.1, 0.15) is 16.9 Å². The Balaban J connectivity index is 1.77. The summed E-state index contributed by atoms with van der Waals surface area (Å²) in [6, 6.07) is 15.0. The van der Waals surface area contributed by atoms with Crippen LogP contribution >= 0.6 is 0 Å². The predicted molar refractivity (Wildman–Crippen MR) is 105 cm³/mol. The number of hydrogen-bond donors (Lipinski definition) is 3. The molecule has 3 aromatic rings. The van der Waals surface area contributed by atoms with Crippen LogP contribution in [0.4, 0.5) is 17.2 Å². The topological polar surface area (TPSA) is 102 Å². The molecule has 0 saturated carbocycles. The van der Waals surface area contributed by atoms with E-state index in [-0.39, 0.29) is 11.5 Å². The standard InChI is InChI=1S/C20H19N5O2/c21-19-18-20(26)25-16-8-2-1-7-15(16)22-9-4-10-27-14-6-3-5-13(11-14)17(24-18)12-23-19/h1-3,5-8,11-12,22H,4,9-10H2,(H2,21,23)(H,25,26). The first-order chi connectivity index (χ1) is 13.2. The fourth-order valence-electron chi connectivity index (χ4n) is 2.86. The number of nitrogens with two attached hydrogens (primary N) is 1. The van der Waals surface area contributed by atoms with Gasteiger partial charge >= 0.3 is 0 Å². The largest absolute Gasteiger partial charge is 0.494 e. The normalized spacial score (nSPS) is 13.9. The number of nitrogen functional groups attached to an aromatic ring is 1. The van der Waals surface area contributed by atoms with E-state index >= 15 is 0 Å². The van der Waals surface area contributed by atoms with Gasteiger partial charge in [0.15, 0.2) is 11.5 Å². The summed E-state index contributed by atoms with van der Waals surface area (Å²) in [5.74, 6) is 0.421. The summed E-state index contributed by atoms with van der Waals surface area (Å²) >= 11 is 0. The predicted octanol–water partition coefficient (Wildman–Crippen LogP) is 3.17. The second-order valence-electron chi connectivity index (χ2n) is 6.15. The molecule has 0 saturated heterocycles. The Kier molecular flexibility index (Phi) is 4.57. The van der Waals surface area contributed by atoms with Gasteiger partial charge in [0, 0.05) is 12.1 Å². The van der Waals surface area contributed by atoms with Crippen LogP contribution in [0, 0.1) is 0 Å². The minimum Gasteiger partial charge on any atom is -0.494 e. The van der Waals surface area contributed by atoms with Gasteiger partial charge in [-0.3, -0.25) is 4.79 Å². The molecule has 7 nitrogen and oxygen atoms in total. The van der Waals surface area contributed by atoms with Crippen LogP contribution in [0.5, 0.6) is 5.75 Å². The van der Waals surface area contributed by atoms with E-state index in [1.54, 1.807) is 6.20 Å². The monoisotopic (exact) mass is 361 g/mol. The molecule has 2 heterocycles. The summed E-state index contributed by atoms with van der Waals surface area (Å²) in [6.45, 7) is 1.28. The molecule has 0 atom stereocenters. The molecule has 2 aromatic carbocycles. The molecular formula is C20H19N5O2. The number of carbonyl (C=O) groups excluding carboxylic acids is 1. The average Bonchev–Trinajstić information content (AvgIpc) is 2.69. The molecule has 27 heavy (non-hydrogen) atoms. The Morgan fingerprint density at radius 1 is 1.07 bits per heavy atom. The quantitative estimate of drug-likeness (QED) is 0.568. The number of amides is 1. The smallest absolute Gasteiger partial charge is 0.278 e. The maximum Gasteiger partial charge on any atom is 0.278 e. The van der Waals surface area contributed by atoms with E-state index in [0.29, 0.717) is 24.5 Å². The van der Waals surface area contributed by atoms with Crippen molar-refractivity contribution in [3.05, 3.63) is 60.4 Å². The van der Waals surface area contributed by atoms with Crippen molar-refractivity contribution in [1.82, 2.24) is 9.97 Å². The van der Waals surface area contributed by atoms with Gasteiger partial charge in [-0.2, -0.15) is 0 Å². The van der Waals surface area contributed by atoms with Gasteiger partial charge in [0.2, 0.25) is 0 Å². The molecule has 4 bridgehead atoms. The molecule has 1 aromatic heterocycles. The van der Waals surface area contributed by atoms with Gasteiger partial charge in [0.1, 0.15) is 5.75 Å². The van der Waals surface area contributed by atoms with Gasteiger partial charge in [0.25, 0.3) is 5.91 Å². The molecule has 0 unspecified atom stereocenters. The number of benzene rings is 2. The van der Waals surface area contributed by atoms with Gasteiger partial charge in [-0.15, -0.1) is 0 Å². The first kappa shape index (κ1) is 16.8. The molecule has 0 aliphatic carbocycles. The van der Waals surface area contributed by atoms with Crippen LogP contribution in [0.15, 0.2) is 54.7 Å². The second-order valence-corrected chi connectivity index (χ2v) is 6.15. The molecule has 0 spiro atoms. The molecule has 136 valence electrons. The molecule has 7 heteroatoms. The number of carbonyl (C=O) groups is 1. The Morgan fingerprint density at radius 3 is 2.81 bits per heavy atom. The zero-order valence-electron chi connectivity index (χ0n) is 14.6. The number of aromatic nitrogens is 2. The summed E-state index contributed by atoms with van der Waals surface area (Å²) in [5, 5.41) is 6.19. The lowest BCUT2D eigenvalue weighted by atomic mass is 10.1. The van der Waals surface area contributed by atoms with Crippen molar-refractivity contribution in [1.29, 1.82) is 0 Å². The maximum absolute atomic E-state index is 12.8. The van der Waals surface area contributed by atoms with Crippen molar-refractivity contribution in [3.8, 4) is 17.0 Å². The van der Waals surface area contributed by atoms with Crippen molar-refractivity contribution < 1.29 is 9.53 Å². The number of para-hydroxylation sites is 2. The van der Waals surface area contributed by atoms with E-state index in [2.05, 4.69) is 20.6 Å². The van der Waals surface area contributed by atoms with E-state index in [1.807, 2.05) is 48.5 Å². The highest BCUT2D eigenvalue weighted by Crippen LogP contribution is 2.25. The summed E-state index contributed by atoms with van der Waals surface area (Å²) in [6.07, 6.45) is 2.37. The lowest BCUT2D eigenvalue weighted by Gasteiger charge is -2.13. The van der Waals surface area contributed by atoms with Crippen LogP contribution < -0.4 is 21.1 Å². The Hall–Kier alpha value is -3.61. The van der Waals surface area contributed by atoms with E-state index in [4.69, 9.17) is 10.5 Å². The number of nitrogens with zero attached hydrogens (tertiary/aromatic N) is 2. The molecule has 1 aliphatic heterocycles. The van der Waals surface area contributed by atoms with Crippen molar-refractivity contribution in [2.75, 3.05) is 29.5 Å². The van der Waals surface area contributed by atoms with E-state index in [0.717, 1.165) is 23.4 Å². The third-order valence-electron chi connectivity index (χ3n) is 4.23. The molecule has 0 fully saturated rings. The Morgan fingerprint density at radius 2 is 1.93 bits per heavy atom. The second kappa shape index (κ2) is 7.33. The zero-order chi connectivity index (χ0) is 18.6. The summed E-state index contributed by atoms with van der Waals surface area (Å²) in [7, 11) is 0. The van der Waals surface area contributed by atoms with Gasteiger partial charge in [-0.25, -0.2) is 9.97 Å². The van der Waals surface area contributed by atoms with Crippen molar-refractivity contribution in [2.24, 2.45) is 0 Å². The number of hydrogen-bond acceptors (Lipinski definition) is 6. The van der Waals surface area contributed by atoms with Gasteiger partial charge in [0.05, 0.1) is 29.9 Å². The number of fused-ring (bicyclic) bond motifs is 6. The van der Waals surface area contributed by atoms with Crippen LogP contribution in [0.3, 0.4) is 0 Å². The minimum atomic E-state index is -0.404. The molecule has 4 rings (SSSR count). The van der Waals surface area contributed by atoms with Crippen molar-refractivity contribution in [2.45, 2.75) is 6.42 Å². The highest BCUT2D eigenvalue weighted by atomic mass is 16.5. The fraction of sp³-hybridized carbons (Fsp3) is 0.150. The molecule has 1 amide bonds. The highest BCUT2D eigenvalue weighted by Gasteiger charge is 2.17. The lowest BCUT2D eigenvalue weighted by molar-refractivity contribution is 0.102. The van der Waals surface area contributed by atoms with Crippen LogP contribution in [0.2, 0.25) is 0 Å². The number of nitrogens with one attached hydrogen (secondary N) is 2. The number of rotatable bonds is 0. The van der Waals surface area contributed by atoms with Gasteiger partial charge in [-0.1, -0.05) is 24.3 Å². The van der Waals surface area contributed by atoms with Crippen molar-refractivity contribution >= 4 is 23.1 Å². The summed E-state index contributed by atoms with van der Waals surface area (Å²) in [4.78, 5) is 21.4. The van der Waals surface area contributed by atoms with Crippen LogP contribution in [-0.2, 0) is 0 Å². The Bertz CT molecular complexity index is 990. The molecule has 1 aliphatic rings. The first-order valence-corrected chi connectivity index (χ1v) is 8.71. The lowest BCUT2D eigenvalue weighted by Crippen LogP contribution is -2.18. The van der Waals surface area contributed by atoms with Gasteiger partial charge in [-0.05, 0) is 30.7 Å². The van der Waals surface area contributed by atoms with Crippen LogP contribution in [0.25, 0.3) is 11.3 Å². The van der Waals surface area contributed by atoms with Crippen molar-refractivity contribution in [3.63, 3.8) is 0 Å². The molecule has 0 radical (unpaired) electrons. The summed E-state index contributed by atoms with van der Waals surface area (Å²) in [5.41, 5.74) is 8.84. The Labute approximate surface area is 156 Å². The third-order valence-corrected chi connectivity index (χ3v) is 4.23. The highest BCUT2D eigenvalue weighted by molar-refractivity contribution is 6.07. The maximum atomic E-state index is 12.8. The van der Waals surface area contributed by atoms with Crippen LogP contribution in [-0.4, -0.2) is 29.0 Å². The summed E-state index contributed by atoms with van der Waals surface area (Å²) < 4.78 is 5.83. The number of ether oxygens (including phenoxy) is 1. The van der Waals surface area contributed by atoms with Gasteiger partial charge < -0.3 is 21.1 Å². The fourth-order valence-corrected chi connectivity index (χ4v) is 2.86. The number of anilines is 3. The first-order valence-electron chi connectivity index (χ1n) is 8.71. The minimum absolute atomic E-state index is 0.0819. The average molecular weight is 361 g/mol.